The molecule has 0 aliphatic carbocycles. The Hall–Kier alpha value is -5.12. The number of methoxy groups -OCH3 is 3. The van der Waals surface area contributed by atoms with E-state index >= 15 is 0 Å². The van der Waals surface area contributed by atoms with Gasteiger partial charge in [-0.1, -0.05) is 50.3 Å². The molecule has 1 heterocycles. The molecule has 45 heavy (non-hydrogen) atoms. The van der Waals surface area contributed by atoms with Crippen molar-refractivity contribution in [3.63, 3.8) is 0 Å². The topological polar surface area (TPSA) is 113 Å². The smallest absolute Gasteiger partial charge is 0.296 e. The van der Waals surface area contributed by atoms with Crippen molar-refractivity contribution in [3.8, 4) is 17.2 Å². The maximum absolute atomic E-state index is 14.5. The molecule has 0 aliphatic rings. The van der Waals surface area contributed by atoms with Gasteiger partial charge in [0.2, 0.25) is 11.7 Å². The number of hydrogen-bond donors (Lipinski definition) is 1. The van der Waals surface area contributed by atoms with Gasteiger partial charge in [-0.3, -0.25) is 14.4 Å². The Bertz CT molecular complexity index is 1700. The van der Waals surface area contributed by atoms with E-state index in [2.05, 4.69) is 6.58 Å². The summed E-state index contributed by atoms with van der Waals surface area (Å²) in [6.45, 7) is 7.51. The van der Waals surface area contributed by atoms with Crippen molar-refractivity contribution < 1.29 is 33.0 Å². The Balaban J connectivity index is 1.86. The zero-order valence-corrected chi connectivity index (χ0v) is 26.1. The van der Waals surface area contributed by atoms with E-state index in [0.29, 0.717) is 40.3 Å². The van der Waals surface area contributed by atoms with E-state index < -0.39 is 29.1 Å². The third-order valence-corrected chi connectivity index (χ3v) is 8.12. The lowest BCUT2D eigenvalue weighted by molar-refractivity contribution is -0.147. The van der Waals surface area contributed by atoms with Gasteiger partial charge >= 0.3 is 0 Å². The molecule has 0 fully saturated rings. The lowest BCUT2D eigenvalue weighted by Gasteiger charge is -2.44. The second kappa shape index (κ2) is 13.7. The van der Waals surface area contributed by atoms with Crippen LogP contribution in [0, 0.1) is 11.7 Å². The van der Waals surface area contributed by atoms with Gasteiger partial charge in [0.05, 0.1) is 26.9 Å². The van der Waals surface area contributed by atoms with E-state index in [1.54, 1.807) is 56.4 Å². The Morgan fingerprint density at radius 1 is 0.978 bits per heavy atom. The number of para-hydroxylation sites is 1. The number of primary amides is 1. The molecule has 10 heteroatoms. The summed E-state index contributed by atoms with van der Waals surface area (Å²) in [5, 5.41) is 0.559. The molecule has 236 valence electrons. The third kappa shape index (κ3) is 6.26. The highest BCUT2D eigenvalue weighted by Crippen LogP contribution is 2.40. The number of benzene rings is 3. The minimum absolute atomic E-state index is 0.00969. The minimum atomic E-state index is -1.60. The molecule has 9 nitrogen and oxygen atoms in total. The molecule has 1 atom stereocenters. The van der Waals surface area contributed by atoms with Crippen LogP contribution in [0.3, 0.4) is 0 Å². The number of halogens is 1. The van der Waals surface area contributed by atoms with Crippen LogP contribution in [0.25, 0.3) is 10.9 Å². The Kier molecular flexibility index (Phi) is 9.96. The van der Waals surface area contributed by atoms with Gasteiger partial charge in [-0.15, -0.1) is 6.58 Å². The van der Waals surface area contributed by atoms with Crippen molar-refractivity contribution in [2.75, 3.05) is 21.3 Å². The molecule has 4 aromatic rings. The lowest BCUT2D eigenvalue weighted by Crippen LogP contribution is -2.63. The molecule has 0 spiro atoms. The minimum Gasteiger partial charge on any atom is -0.493 e. The summed E-state index contributed by atoms with van der Waals surface area (Å²) in [5.41, 5.74) is 6.65. The molecule has 0 saturated heterocycles. The Morgan fingerprint density at radius 2 is 1.60 bits per heavy atom. The first kappa shape index (κ1) is 32.8. The van der Waals surface area contributed by atoms with E-state index in [9.17, 15) is 18.8 Å². The number of hydrogen-bond acceptors (Lipinski definition) is 6. The number of carbonyl (C=O) groups is 3. The molecule has 0 aliphatic heterocycles. The fraction of sp³-hybridized carbons (Fsp3) is 0.286. The summed E-state index contributed by atoms with van der Waals surface area (Å²) in [6.07, 6.45) is 3.13. The van der Waals surface area contributed by atoms with Crippen LogP contribution < -0.4 is 19.9 Å². The quantitative estimate of drug-likeness (QED) is 0.114. The van der Waals surface area contributed by atoms with Crippen molar-refractivity contribution in [2.24, 2.45) is 11.7 Å². The molecular weight excluding hydrogens is 577 g/mol. The van der Waals surface area contributed by atoms with Crippen molar-refractivity contribution >= 4 is 28.5 Å². The summed E-state index contributed by atoms with van der Waals surface area (Å²) < 4.78 is 31.8. The highest BCUT2D eigenvalue weighted by molar-refractivity contribution is 6.45. The molecule has 1 aromatic heterocycles. The van der Waals surface area contributed by atoms with Crippen LogP contribution in [-0.4, -0.2) is 53.9 Å². The molecule has 4 rings (SSSR count). The van der Waals surface area contributed by atoms with Gasteiger partial charge in [0, 0.05) is 30.2 Å². The maximum Gasteiger partial charge on any atom is 0.296 e. The van der Waals surface area contributed by atoms with Crippen molar-refractivity contribution in [1.29, 1.82) is 0 Å². The average Bonchev–Trinajstić information content (AvgIpc) is 3.40. The Labute approximate surface area is 262 Å². The van der Waals surface area contributed by atoms with E-state index in [1.165, 1.54) is 44.4 Å². The van der Waals surface area contributed by atoms with Crippen molar-refractivity contribution in [1.82, 2.24) is 9.47 Å². The lowest BCUT2D eigenvalue weighted by atomic mass is 9.79. The molecule has 1 unspecified atom stereocenters. The number of carbonyl (C=O) groups excluding carboxylic acids is 3. The molecule has 0 radical (unpaired) electrons. The van der Waals surface area contributed by atoms with E-state index in [0.717, 1.165) is 5.56 Å². The van der Waals surface area contributed by atoms with Crippen LogP contribution in [0.5, 0.6) is 17.2 Å². The maximum atomic E-state index is 14.5. The second-order valence-electron chi connectivity index (χ2n) is 11.0. The number of fused-ring (bicyclic) bond motifs is 1. The number of ether oxygens (including phenoxy) is 3. The standard InChI is InChI=1S/C35H38FN3O6/c1-7-16-35(22(2)3,34(37)42)39(20-24-17-29(43-4)32(45-6)30(18-24)44-5)33(41)31(40)27-21-38(28-11-9-8-10-26(27)28)19-23-12-14-25(36)15-13-23/h7-15,17-18,21-22H,1,16,19-20H2,2-6H3,(H2,37,42). The Morgan fingerprint density at radius 3 is 2.13 bits per heavy atom. The molecule has 0 bridgehead atoms. The number of aromatic nitrogens is 1. The first-order valence-electron chi connectivity index (χ1n) is 14.4. The van der Waals surface area contributed by atoms with E-state index in [-0.39, 0.29) is 24.3 Å². The number of ketones is 1. The van der Waals surface area contributed by atoms with Crippen molar-refractivity contribution in [3.05, 3.63) is 102 Å². The van der Waals surface area contributed by atoms with Gasteiger partial charge in [0.1, 0.15) is 11.4 Å². The first-order chi connectivity index (χ1) is 21.5. The number of nitrogens with two attached hydrogens (primary N) is 1. The van der Waals surface area contributed by atoms with Crippen LogP contribution in [0.1, 0.15) is 41.8 Å². The zero-order chi connectivity index (χ0) is 32.9. The van der Waals surface area contributed by atoms with Crippen LogP contribution in [0.2, 0.25) is 0 Å². The first-order valence-corrected chi connectivity index (χ1v) is 14.4. The largest absolute Gasteiger partial charge is 0.493 e. The average molecular weight is 616 g/mol. The van der Waals surface area contributed by atoms with Crippen molar-refractivity contribution in [2.45, 2.75) is 38.9 Å². The third-order valence-electron chi connectivity index (χ3n) is 8.12. The predicted octanol–water partition coefficient (Wildman–Crippen LogP) is 5.52. The van der Waals surface area contributed by atoms with Crippen LogP contribution in [-0.2, 0) is 22.7 Å². The van der Waals surface area contributed by atoms with Crippen LogP contribution in [0.15, 0.2) is 79.5 Å². The second-order valence-corrected chi connectivity index (χ2v) is 11.0. The number of rotatable bonds is 14. The fourth-order valence-corrected chi connectivity index (χ4v) is 5.78. The number of nitrogens with zero attached hydrogens (tertiary/aromatic N) is 2. The summed E-state index contributed by atoms with van der Waals surface area (Å²) >= 11 is 0. The summed E-state index contributed by atoms with van der Waals surface area (Å²) in [7, 11) is 4.41. The molecular formula is C35H38FN3O6. The SMILES string of the molecule is C=CCC(C(N)=O)(C(C)C)N(Cc1cc(OC)c(OC)c(OC)c1)C(=O)C(=O)c1cn(Cc2ccc(F)cc2)c2ccccc12. The van der Waals surface area contributed by atoms with E-state index in [1.807, 2.05) is 16.7 Å². The monoisotopic (exact) mass is 615 g/mol. The van der Waals surface area contributed by atoms with Crippen LogP contribution in [0.4, 0.5) is 4.39 Å². The molecule has 0 saturated carbocycles. The van der Waals surface area contributed by atoms with Gasteiger partial charge in [-0.05, 0) is 53.8 Å². The van der Waals surface area contributed by atoms with Gasteiger partial charge in [0.25, 0.3) is 11.7 Å². The zero-order valence-electron chi connectivity index (χ0n) is 26.1. The fourth-order valence-electron chi connectivity index (χ4n) is 5.78. The highest BCUT2D eigenvalue weighted by Gasteiger charge is 2.48. The summed E-state index contributed by atoms with van der Waals surface area (Å²) in [4.78, 5) is 43.2. The van der Waals surface area contributed by atoms with Gasteiger partial charge in [-0.2, -0.15) is 0 Å². The van der Waals surface area contributed by atoms with Crippen LogP contribution >= 0.6 is 0 Å². The molecule has 2 amide bonds. The predicted molar refractivity (Wildman–Crippen MR) is 170 cm³/mol. The number of Topliss-reactive ketones (excluding diaryl/α,β-unsaturated/α-hetero) is 1. The molecule has 3 aromatic carbocycles. The molecule has 2 N–H and O–H groups in total. The highest BCUT2D eigenvalue weighted by atomic mass is 19.1. The summed E-state index contributed by atoms with van der Waals surface area (Å²) in [5.74, 6) is -2.32. The van der Waals surface area contributed by atoms with Gasteiger partial charge in [-0.25, -0.2) is 4.39 Å². The van der Waals surface area contributed by atoms with E-state index in [4.69, 9.17) is 19.9 Å². The number of amides is 2. The van der Waals surface area contributed by atoms with Gasteiger partial charge < -0.3 is 29.4 Å². The summed E-state index contributed by atoms with van der Waals surface area (Å²) in [6, 6.07) is 16.6. The normalized spacial score (nSPS) is 12.4. The van der Waals surface area contributed by atoms with Gasteiger partial charge in [0.15, 0.2) is 11.5 Å².